The Labute approximate surface area is 115 Å². The molecule has 1 aromatic carbocycles. The van der Waals surface area contributed by atoms with Gasteiger partial charge in [0.05, 0.1) is 6.04 Å². The number of hydrogen-bond donors (Lipinski definition) is 1. The first-order valence-corrected chi connectivity index (χ1v) is 7.20. The van der Waals surface area contributed by atoms with Crippen molar-refractivity contribution < 1.29 is 0 Å². The SMILES string of the molecule is CNC(c1ccc(Br)c(Br)c1)c1nccs1. The van der Waals surface area contributed by atoms with Gasteiger partial charge in [0.2, 0.25) is 0 Å². The molecule has 0 aliphatic heterocycles. The Morgan fingerprint density at radius 2 is 2.12 bits per heavy atom. The lowest BCUT2D eigenvalue weighted by atomic mass is 10.1. The lowest BCUT2D eigenvalue weighted by molar-refractivity contribution is 0.686. The number of hydrogen-bond acceptors (Lipinski definition) is 3. The van der Waals surface area contributed by atoms with Gasteiger partial charge in [-0.25, -0.2) is 4.98 Å². The van der Waals surface area contributed by atoms with Crippen LogP contribution in [0.2, 0.25) is 0 Å². The van der Waals surface area contributed by atoms with Gasteiger partial charge in [0.25, 0.3) is 0 Å². The van der Waals surface area contributed by atoms with Gasteiger partial charge in [-0.05, 0) is 56.6 Å². The van der Waals surface area contributed by atoms with E-state index in [2.05, 4.69) is 54.3 Å². The van der Waals surface area contributed by atoms with Gasteiger partial charge in [0, 0.05) is 20.5 Å². The van der Waals surface area contributed by atoms with Crippen LogP contribution in [0.1, 0.15) is 16.6 Å². The van der Waals surface area contributed by atoms with Gasteiger partial charge in [-0.1, -0.05) is 6.07 Å². The summed E-state index contributed by atoms with van der Waals surface area (Å²) >= 11 is 8.64. The lowest BCUT2D eigenvalue weighted by Gasteiger charge is -2.14. The first kappa shape index (κ1) is 12.2. The van der Waals surface area contributed by atoms with E-state index >= 15 is 0 Å². The minimum absolute atomic E-state index is 0.157. The van der Waals surface area contributed by atoms with Crippen molar-refractivity contribution in [2.45, 2.75) is 6.04 Å². The lowest BCUT2D eigenvalue weighted by Crippen LogP contribution is -2.17. The standard InChI is InChI=1S/C11H10Br2N2S/c1-14-10(11-15-4-5-16-11)7-2-3-8(12)9(13)6-7/h2-6,10,14H,1H3. The Morgan fingerprint density at radius 1 is 1.31 bits per heavy atom. The first-order valence-electron chi connectivity index (χ1n) is 4.74. The predicted octanol–water partition coefficient (Wildman–Crippen LogP) is 3.98. The maximum atomic E-state index is 4.34. The number of thiazole rings is 1. The van der Waals surface area contributed by atoms with Crippen molar-refractivity contribution in [3.05, 3.63) is 49.3 Å². The number of rotatable bonds is 3. The largest absolute Gasteiger partial charge is 0.307 e. The highest BCUT2D eigenvalue weighted by Gasteiger charge is 2.15. The Morgan fingerprint density at radius 3 is 2.69 bits per heavy atom. The fourth-order valence-electron chi connectivity index (χ4n) is 1.50. The molecule has 5 heteroatoms. The summed E-state index contributed by atoms with van der Waals surface area (Å²) in [5.74, 6) is 0. The molecular weight excluding hydrogens is 352 g/mol. The van der Waals surface area contributed by atoms with E-state index in [1.54, 1.807) is 11.3 Å². The van der Waals surface area contributed by atoms with Crippen LogP contribution in [0.3, 0.4) is 0 Å². The van der Waals surface area contributed by atoms with Gasteiger partial charge in [-0.15, -0.1) is 11.3 Å². The second-order valence-corrected chi connectivity index (χ2v) is 5.90. The first-order chi connectivity index (χ1) is 7.72. The quantitative estimate of drug-likeness (QED) is 0.894. The zero-order valence-corrected chi connectivity index (χ0v) is 12.6. The third kappa shape index (κ3) is 2.53. The summed E-state index contributed by atoms with van der Waals surface area (Å²) in [5.41, 5.74) is 1.20. The van der Waals surface area contributed by atoms with Crippen LogP contribution in [0.5, 0.6) is 0 Å². The average molecular weight is 362 g/mol. The maximum absolute atomic E-state index is 4.34. The molecule has 1 aromatic heterocycles. The molecule has 0 aliphatic carbocycles. The third-order valence-electron chi connectivity index (χ3n) is 2.26. The summed E-state index contributed by atoms with van der Waals surface area (Å²) in [5, 5.41) is 6.35. The van der Waals surface area contributed by atoms with E-state index in [9.17, 15) is 0 Å². The fraction of sp³-hybridized carbons (Fsp3) is 0.182. The van der Waals surface area contributed by atoms with Gasteiger partial charge in [-0.2, -0.15) is 0 Å². The van der Waals surface area contributed by atoms with Crippen molar-refractivity contribution >= 4 is 43.2 Å². The normalized spacial score (nSPS) is 12.7. The molecule has 84 valence electrons. The van der Waals surface area contributed by atoms with Crippen molar-refractivity contribution in [1.82, 2.24) is 10.3 Å². The number of aromatic nitrogens is 1. The molecule has 2 aromatic rings. The molecule has 2 rings (SSSR count). The van der Waals surface area contributed by atoms with Gasteiger partial charge >= 0.3 is 0 Å². The van der Waals surface area contributed by atoms with Crippen LogP contribution < -0.4 is 5.32 Å². The highest BCUT2D eigenvalue weighted by molar-refractivity contribution is 9.13. The van der Waals surface area contributed by atoms with E-state index < -0.39 is 0 Å². The Kier molecular flexibility index (Phi) is 4.13. The molecule has 0 amide bonds. The summed E-state index contributed by atoms with van der Waals surface area (Å²) in [6.45, 7) is 0. The number of nitrogens with zero attached hydrogens (tertiary/aromatic N) is 1. The maximum Gasteiger partial charge on any atom is 0.114 e. The van der Waals surface area contributed by atoms with Crippen molar-refractivity contribution in [3.8, 4) is 0 Å². The summed E-state index contributed by atoms with van der Waals surface area (Å²) in [7, 11) is 1.95. The van der Waals surface area contributed by atoms with Gasteiger partial charge < -0.3 is 5.32 Å². The molecule has 16 heavy (non-hydrogen) atoms. The van der Waals surface area contributed by atoms with Crippen LogP contribution in [0.25, 0.3) is 0 Å². The van der Waals surface area contributed by atoms with Crippen LogP contribution in [-0.4, -0.2) is 12.0 Å². The summed E-state index contributed by atoms with van der Waals surface area (Å²) in [6.07, 6.45) is 1.83. The van der Waals surface area contributed by atoms with E-state index in [-0.39, 0.29) is 6.04 Å². The molecule has 1 unspecified atom stereocenters. The zero-order chi connectivity index (χ0) is 11.5. The Balaban J connectivity index is 2.37. The van der Waals surface area contributed by atoms with Crippen LogP contribution in [0, 0.1) is 0 Å². The third-order valence-corrected chi connectivity index (χ3v) is 4.98. The topological polar surface area (TPSA) is 24.9 Å². The number of halogens is 2. The van der Waals surface area contributed by atoms with Crippen molar-refractivity contribution in [2.24, 2.45) is 0 Å². The molecule has 2 nitrogen and oxygen atoms in total. The highest BCUT2D eigenvalue weighted by Crippen LogP contribution is 2.29. The summed E-state index contributed by atoms with van der Waals surface area (Å²) in [6, 6.07) is 6.39. The molecule has 1 N–H and O–H groups in total. The Hall–Kier alpha value is -0.230. The molecule has 0 bridgehead atoms. The van der Waals surface area contributed by atoms with Crippen molar-refractivity contribution in [1.29, 1.82) is 0 Å². The van der Waals surface area contributed by atoms with E-state index in [1.807, 2.05) is 24.7 Å². The van der Waals surface area contributed by atoms with Crippen molar-refractivity contribution in [3.63, 3.8) is 0 Å². The molecule has 0 fully saturated rings. The molecule has 1 heterocycles. The van der Waals surface area contributed by atoms with E-state index in [4.69, 9.17) is 0 Å². The van der Waals surface area contributed by atoms with Crippen molar-refractivity contribution in [2.75, 3.05) is 7.05 Å². The van der Waals surface area contributed by atoms with Gasteiger partial charge in [0.1, 0.15) is 5.01 Å². The van der Waals surface area contributed by atoms with Gasteiger partial charge in [0.15, 0.2) is 0 Å². The molecule has 0 aliphatic rings. The minimum atomic E-state index is 0.157. The Bertz CT molecular complexity index is 471. The predicted molar refractivity (Wildman–Crippen MR) is 74.9 cm³/mol. The summed E-state index contributed by atoms with van der Waals surface area (Å²) < 4.78 is 2.12. The fourth-order valence-corrected chi connectivity index (χ4v) is 2.92. The molecule has 1 atom stereocenters. The molecular formula is C11H10Br2N2S. The van der Waals surface area contributed by atoms with Gasteiger partial charge in [-0.3, -0.25) is 0 Å². The summed E-state index contributed by atoms with van der Waals surface area (Å²) in [4.78, 5) is 4.34. The monoisotopic (exact) mass is 360 g/mol. The second kappa shape index (κ2) is 5.40. The van der Waals surface area contributed by atoms with E-state index in [0.29, 0.717) is 0 Å². The number of nitrogens with one attached hydrogen (secondary N) is 1. The van der Waals surface area contributed by atoms with E-state index in [0.717, 1.165) is 14.0 Å². The zero-order valence-electron chi connectivity index (χ0n) is 8.58. The molecule has 0 spiro atoms. The highest BCUT2D eigenvalue weighted by atomic mass is 79.9. The molecule has 0 radical (unpaired) electrons. The van der Waals surface area contributed by atoms with Crippen LogP contribution in [0.15, 0.2) is 38.7 Å². The molecule has 0 saturated heterocycles. The molecule has 0 saturated carbocycles. The number of benzene rings is 1. The second-order valence-electron chi connectivity index (χ2n) is 3.27. The van der Waals surface area contributed by atoms with Crippen LogP contribution in [0.4, 0.5) is 0 Å². The smallest absolute Gasteiger partial charge is 0.114 e. The van der Waals surface area contributed by atoms with E-state index in [1.165, 1.54) is 5.56 Å². The van der Waals surface area contributed by atoms with Crippen LogP contribution >= 0.6 is 43.2 Å². The minimum Gasteiger partial charge on any atom is -0.307 e. The van der Waals surface area contributed by atoms with Crippen LogP contribution in [-0.2, 0) is 0 Å². The average Bonchev–Trinajstić information content (AvgIpc) is 2.78.